The Morgan fingerprint density at radius 3 is 3.06 bits per heavy atom. The van der Waals surface area contributed by atoms with Crippen LogP contribution in [-0.4, -0.2) is 30.2 Å². The maximum Gasteiger partial charge on any atom is 0.163 e. The van der Waals surface area contributed by atoms with E-state index in [2.05, 4.69) is 19.1 Å². The van der Waals surface area contributed by atoms with Gasteiger partial charge in [-0.25, -0.2) is 0 Å². The fourth-order valence-corrected chi connectivity index (χ4v) is 2.30. The molecule has 2 bridgehead atoms. The number of hydrogen-bond donors (Lipinski definition) is 1. The van der Waals surface area contributed by atoms with Crippen molar-refractivity contribution in [3.8, 4) is 0 Å². The van der Waals surface area contributed by atoms with Gasteiger partial charge in [0.25, 0.3) is 0 Å². The van der Waals surface area contributed by atoms with Crippen LogP contribution in [-0.2, 0) is 9.47 Å². The number of aliphatic hydroxyl groups excluding tert-OH is 1. The molecule has 2 heterocycles. The van der Waals surface area contributed by atoms with Gasteiger partial charge in [-0.05, 0) is 18.4 Å². The third-order valence-electron chi connectivity index (χ3n) is 3.27. The Morgan fingerprint density at radius 2 is 2.29 bits per heavy atom. The monoisotopic (exact) mass is 238 g/mol. The highest BCUT2D eigenvalue weighted by molar-refractivity contribution is 5.16. The van der Waals surface area contributed by atoms with Crippen LogP contribution in [0.2, 0.25) is 0 Å². The van der Waals surface area contributed by atoms with E-state index in [4.69, 9.17) is 14.6 Å². The van der Waals surface area contributed by atoms with E-state index < -0.39 is 0 Å². The highest BCUT2D eigenvalue weighted by Gasteiger charge is 2.36. The van der Waals surface area contributed by atoms with Gasteiger partial charge in [0.2, 0.25) is 0 Å². The molecule has 3 nitrogen and oxygen atoms in total. The molecule has 0 aromatic heterocycles. The zero-order valence-corrected chi connectivity index (χ0v) is 10.5. The molecule has 96 valence electrons. The van der Waals surface area contributed by atoms with Gasteiger partial charge < -0.3 is 14.6 Å². The van der Waals surface area contributed by atoms with Crippen molar-refractivity contribution in [1.29, 1.82) is 0 Å². The van der Waals surface area contributed by atoms with E-state index in [0.29, 0.717) is 6.42 Å². The van der Waals surface area contributed by atoms with E-state index in [1.54, 1.807) is 0 Å². The summed E-state index contributed by atoms with van der Waals surface area (Å²) in [4.78, 5) is 0. The minimum absolute atomic E-state index is 0.00155. The minimum atomic E-state index is -0.155. The molecule has 0 aliphatic carbocycles. The first-order valence-electron chi connectivity index (χ1n) is 6.61. The summed E-state index contributed by atoms with van der Waals surface area (Å²) >= 11 is 0. The van der Waals surface area contributed by atoms with Crippen LogP contribution in [0.1, 0.15) is 39.0 Å². The van der Waals surface area contributed by atoms with Crippen molar-refractivity contribution in [3.05, 3.63) is 23.8 Å². The lowest BCUT2D eigenvalue weighted by atomic mass is 10.1. The lowest BCUT2D eigenvalue weighted by Gasteiger charge is -2.16. The molecule has 0 spiro atoms. The summed E-state index contributed by atoms with van der Waals surface area (Å²) in [6.45, 7) is 2.33. The second-order valence-electron chi connectivity index (χ2n) is 4.74. The fourth-order valence-electron chi connectivity index (χ4n) is 2.30. The molecule has 3 heteroatoms. The average Bonchev–Trinajstić information content (AvgIpc) is 2.63. The van der Waals surface area contributed by atoms with E-state index in [1.807, 2.05) is 6.08 Å². The molecular formula is C14H22O3. The van der Waals surface area contributed by atoms with E-state index in [-0.39, 0.29) is 25.1 Å². The van der Waals surface area contributed by atoms with Gasteiger partial charge in [0, 0.05) is 6.42 Å². The molecule has 3 atom stereocenters. The Bertz CT molecular complexity index is 296. The molecule has 2 aliphatic heterocycles. The van der Waals surface area contributed by atoms with Gasteiger partial charge >= 0.3 is 0 Å². The van der Waals surface area contributed by atoms with Crippen molar-refractivity contribution >= 4 is 0 Å². The van der Waals surface area contributed by atoms with Gasteiger partial charge in [-0.1, -0.05) is 38.0 Å². The normalized spacial score (nSPS) is 32.1. The largest absolute Gasteiger partial charge is 0.392 e. The summed E-state index contributed by atoms with van der Waals surface area (Å²) in [5.74, 6) is 0. The lowest BCUT2D eigenvalue weighted by Crippen LogP contribution is -2.21. The zero-order chi connectivity index (χ0) is 12.1. The summed E-state index contributed by atoms with van der Waals surface area (Å²) in [5, 5.41) is 9.12. The molecule has 1 N–H and O–H groups in total. The topological polar surface area (TPSA) is 38.7 Å². The van der Waals surface area contributed by atoms with Crippen LogP contribution in [0.3, 0.4) is 0 Å². The van der Waals surface area contributed by atoms with Gasteiger partial charge in [-0.2, -0.15) is 0 Å². The van der Waals surface area contributed by atoms with Gasteiger partial charge in [-0.15, -0.1) is 0 Å². The predicted octanol–water partition coefficient (Wildman–Crippen LogP) is 2.56. The number of ether oxygens (including phenoxy) is 2. The third kappa shape index (κ3) is 3.41. The molecule has 0 aromatic rings. The van der Waals surface area contributed by atoms with Gasteiger partial charge in [0.1, 0.15) is 12.2 Å². The summed E-state index contributed by atoms with van der Waals surface area (Å²) in [6.07, 6.45) is 11.8. The second kappa shape index (κ2) is 6.34. The van der Waals surface area contributed by atoms with Crippen molar-refractivity contribution in [2.75, 3.05) is 6.61 Å². The van der Waals surface area contributed by atoms with Crippen molar-refractivity contribution < 1.29 is 14.6 Å². The average molecular weight is 238 g/mol. The second-order valence-corrected chi connectivity index (χ2v) is 4.74. The number of allylic oxidation sites excluding steroid dienone is 1. The minimum Gasteiger partial charge on any atom is -0.392 e. The molecule has 1 fully saturated rings. The van der Waals surface area contributed by atoms with Crippen molar-refractivity contribution in [2.45, 2.75) is 57.5 Å². The highest BCUT2D eigenvalue weighted by atomic mass is 16.7. The zero-order valence-electron chi connectivity index (χ0n) is 10.5. The van der Waals surface area contributed by atoms with Crippen LogP contribution in [0.15, 0.2) is 23.8 Å². The summed E-state index contributed by atoms with van der Waals surface area (Å²) in [5.41, 5.74) is 1.04. The smallest absolute Gasteiger partial charge is 0.163 e. The fraction of sp³-hybridized carbons (Fsp3) is 0.714. The predicted molar refractivity (Wildman–Crippen MR) is 66.6 cm³/mol. The molecule has 0 saturated carbocycles. The molecule has 1 saturated heterocycles. The van der Waals surface area contributed by atoms with Gasteiger partial charge in [-0.3, -0.25) is 0 Å². The standard InChI is InChI=1S/C14H22O3/c1-2-3-4-5-6-7-12-13-8-11(10-15)9-14(16-12)17-13/h6-8,12-15H,2-5,9-10H2,1H3/b7-6+/t12-,13-,14+/m0/s1. The number of rotatable bonds is 6. The van der Waals surface area contributed by atoms with Crippen molar-refractivity contribution in [2.24, 2.45) is 0 Å². The van der Waals surface area contributed by atoms with Crippen molar-refractivity contribution in [3.63, 3.8) is 0 Å². The number of unbranched alkanes of at least 4 members (excludes halogenated alkanes) is 3. The molecular weight excluding hydrogens is 216 g/mol. The molecule has 2 rings (SSSR count). The van der Waals surface area contributed by atoms with E-state index in [0.717, 1.165) is 12.0 Å². The molecule has 0 radical (unpaired) electrons. The van der Waals surface area contributed by atoms with Crippen LogP contribution in [0, 0.1) is 0 Å². The Labute approximate surface area is 103 Å². The number of fused-ring (bicyclic) bond motifs is 2. The Morgan fingerprint density at radius 1 is 1.41 bits per heavy atom. The summed E-state index contributed by atoms with van der Waals surface area (Å²) in [6, 6.07) is 0. The Hall–Kier alpha value is -0.640. The van der Waals surface area contributed by atoms with Crippen molar-refractivity contribution in [1.82, 2.24) is 0 Å². The first-order chi connectivity index (χ1) is 8.33. The van der Waals surface area contributed by atoms with E-state index in [1.165, 1.54) is 19.3 Å². The molecule has 2 aliphatic rings. The SMILES string of the molecule is CCCCC/C=C/[C@@H]1O[C@H]2CC(CO)=C[C@@H]1O2. The van der Waals surface area contributed by atoms with Crippen LogP contribution >= 0.6 is 0 Å². The van der Waals surface area contributed by atoms with Crippen LogP contribution in [0.4, 0.5) is 0 Å². The Kier molecular flexibility index (Phi) is 4.77. The Balaban J connectivity index is 1.81. The summed E-state index contributed by atoms with van der Waals surface area (Å²) in [7, 11) is 0. The quantitative estimate of drug-likeness (QED) is 0.571. The van der Waals surface area contributed by atoms with Gasteiger partial charge in [0.05, 0.1) is 6.61 Å². The van der Waals surface area contributed by atoms with Crippen LogP contribution in [0.25, 0.3) is 0 Å². The number of aliphatic hydroxyl groups is 1. The van der Waals surface area contributed by atoms with Crippen LogP contribution < -0.4 is 0 Å². The third-order valence-corrected chi connectivity index (χ3v) is 3.27. The first-order valence-corrected chi connectivity index (χ1v) is 6.61. The maximum absolute atomic E-state index is 9.12. The molecule has 0 amide bonds. The highest BCUT2D eigenvalue weighted by Crippen LogP contribution is 2.31. The maximum atomic E-state index is 9.12. The molecule has 17 heavy (non-hydrogen) atoms. The van der Waals surface area contributed by atoms with Gasteiger partial charge in [0.15, 0.2) is 6.29 Å². The molecule has 0 unspecified atom stereocenters. The van der Waals surface area contributed by atoms with E-state index in [9.17, 15) is 0 Å². The lowest BCUT2D eigenvalue weighted by molar-refractivity contribution is -0.0617. The first kappa shape index (κ1) is 12.8. The molecule has 0 aromatic carbocycles. The van der Waals surface area contributed by atoms with Crippen LogP contribution in [0.5, 0.6) is 0 Å². The summed E-state index contributed by atoms with van der Waals surface area (Å²) < 4.78 is 11.4. The van der Waals surface area contributed by atoms with E-state index >= 15 is 0 Å². The number of hydrogen-bond acceptors (Lipinski definition) is 3.